The molecule has 1 N–H and O–H groups in total. The predicted octanol–water partition coefficient (Wildman–Crippen LogP) is -0.0152. The van der Waals surface area contributed by atoms with Gasteiger partial charge in [-0.25, -0.2) is 9.78 Å². The minimum atomic E-state index is -4.39. The van der Waals surface area contributed by atoms with E-state index in [9.17, 15) is 14.7 Å². The van der Waals surface area contributed by atoms with Gasteiger partial charge in [-0.15, -0.1) is 0 Å². The van der Waals surface area contributed by atoms with Crippen LogP contribution in [0.5, 0.6) is 0 Å². The summed E-state index contributed by atoms with van der Waals surface area (Å²) in [7, 11) is 0.925. The normalized spacial score (nSPS) is 29.8. The highest BCUT2D eigenvalue weighted by molar-refractivity contribution is 5.69. The summed E-state index contributed by atoms with van der Waals surface area (Å²) in [5, 5.41) is 10.00. The van der Waals surface area contributed by atoms with Gasteiger partial charge in [0.15, 0.2) is 11.2 Å². The van der Waals surface area contributed by atoms with Crippen LogP contribution in [0.2, 0.25) is 0 Å². The summed E-state index contributed by atoms with van der Waals surface area (Å²) < 4.78 is 116. The lowest BCUT2D eigenvalue weighted by Crippen LogP contribution is -2.39. The first-order chi connectivity index (χ1) is 15.2. The van der Waals surface area contributed by atoms with Crippen LogP contribution in [-0.2, 0) is 20.5 Å². The van der Waals surface area contributed by atoms with Gasteiger partial charge in [-0.05, 0) is 26.0 Å². The second-order valence-corrected chi connectivity index (χ2v) is 3.60. The second kappa shape index (κ2) is 5.62. The molecule has 1 atom stereocenters. The molecule has 20 heavy (non-hydrogen) atoms. The van der Waals surface area contributed by atoms with Crippen LogP contribution < -0.4 is 11.2 Å². The Bertz CT molecular complexity index is 1260. The number of aryl methyl sites for hydroxylation is 2. The summed E-state index contributed by atoms with van der Waals surface area (Å²) in [5.74, 6) is 0. The minimum absolute atomic E-state index is 0.289. The molecule has 110 valence electrons. The van der Waals surface area contributed by atoms with Crippen LogP contribution in [0.25, 0.3) is 11.2 Å². The zero-order valence-corrected chi connectivity index (χ0v) is 10.1. The van der Waals surface area contributed by atoms with Crippen LogP contribution in [0.3, 0.4) is 0 Å². The van der Waals surface area contributed by atoms with Crippen molar-refractivity contribution in [2.75, 3.05) is 0 Å². The van der Waals surface area contributed by atoms with Gasteiger partial charge in [0, 0.05) is 37.0 Å². The van der Waals surface area contributed by atoms with Crippen molar-refractivity contribution in [1.29, 1.82) is 0 Å². The smallest absolute Gasteiger partial charge is 0.332 e. The van der Waals surface area contributed by atoms with Gasteiger partial charge >= 0.3 is 5.69 Å². The Labute approximate surface area is 137 Å². The number of aliphatic hydroxyl groups is 1. The van der Waals surface area contributed by atoms with Crippen molar-refractivity contribution in [3.05, 3.63) is 27.2 Å². The van der Waals surface area contributed by atoms with Gasteiger partial charge in [0.1, 0.15) is 0 Å². The molecule has 0 aliphatic rings. The van der Waals surface area contributed by atoms with Gasteiger partial charge in [0.25, 0.3) is 5.56 Å². The van der Waals surface area contributed by atoms with Crippen LogP contribution in [0, 0.1) is 0 Å². The molecule has 0 amide bonds. The second-order valence-electron chi connectivity index (χ2n) is 3.60. The van der Waals surface area contributed by atoms with Crippen molar-refractivity contribution in [1.82, 2.24) is 18.7 Å². The van der Waals surface area contributed by atoms with E-state index in [2.05, 4.69) is 4.98 Å². The Kier molecular flexibility index (Phi) is 1.28. The Morgan fingerprint density at radius 3 is 3.05 bits per heavy atom. The third-order valence-corrected chi connectivity index (χ3v) is 2.36. The first-order valence-electron chi connectivity index (χ1n) is 12.6. The summed E-state index contributed by atoms with van der Waals surface area (Å²) in [6.07, 6.45) is -16.8. The van der Waals surface area contributed by atoms with Crippen molar-refractivity contribution in [2.24, 2.45) is 14.0 Å². The van der Waals surface area contributed by atoms with Gasteiger partial charge in [-0.2, -0.15) is 0 Å². The lowest BCUT2D eigenvalue weighted by Gasteiger charge is -2.09. The molecule has 0 radical (unpaired) electrons. The average molecular weight is 295 g/mol. The quantitative estimate of drug-likeness (QED) is 0.841. The highest BCUT2D eigenvalue weighted by atomic mass is 16.3. The number of imidazole rings is 1. The topological polar surface area (TPSA) is 82.1 Å². The molecule has 0 aliphatic heterocycles. The molecule has 2 heterocycles. The zero-order valence-electron chi connectivity index (χ0n) is 25.1. The summed E-state index contributed by atoms with van der Waals surface area (Å²) in [6.45, 7) is -11.1. The SMILES string of the molecule is [2H]C([2H])([2H])n1cnc2c1c(=O)n(C([2H])([2H])C([2H])([2H])C([2H])([2H])C([2H])([2H])C([2H])(O)C([2H])([2H])[2H])c(=O)n2C. The molecule has 0 aliphatic carbocycles. The molecule has 7 nitrogen and oxygen atoms in total. The van der Waals surface area contributed by atoms with Crippen LogP contribution in [0.1, 0.15) is 46.5 Å². The minimum Gasteiger partial charge on any atom is -0.393 e. The standard InChI is InChI=1S/C13H20N4O3/c1-9(18)6-4-5-7-17-12(19)10-11(14-8-15(10)2)16(3)13(17)20/h8-9,18H,4-7H2,1-3H3/i1D3,2D3,4D2,5D2,6D2,7D2,9D. The molecule has 0 saturated heterocycles. The third kappa shape index (κ3) is 2.53. The van der Waals surface area contributed by atoms with Gasteiger partial charge in [-0.1, -0.05) is 0 Å². The lowest BCUT2D eigenvalue weighted by molar-refractivity contribution is 0.180. The van der Waals surface area contributed by atoms with E-state index >= 15 is 0 Å². The van der Waals surface area contributed by atoms with Crippen LogP contribution in [0.4, 0.5) is 0 Å². The van der Waals surface area contributed by atoms with Crippen molar-refractivity contribution in [3.8, 4) is 0 Å². The summed E-state index contributed by atoms with van der Waals surface area (Å²) in [6, 6.07) is 0. The van der Waals surface area contributed by atoms with E-state index in [4.69, 9.17) is 20.6 Å². The molecule has 0 saturated carbocycles. The van der Waals surface area contributed by atoms with Crippen LogP contribution >= 0.6 is 0 Å². The maximum Gasteiger partial charge on any atom is 0.332 e. The molecule has 1 unspecified atom stereocenters. The molecular formula is C13H20N4O3. The van der Waals surface area contributed by atoms with E-state index in [1.807, 2.05) is 0 Å². The Balaban J connectivity index is 2.95. The Hall–Kier alpha value is -1.89. The molecule has 7 heteroatoms. The molecule has 0 spiro atoms. The molecular weight excluding hydrogens is 260 g/mol. The molecule has 0 bridgehead atoms. The van der Waals surface area contributed by atoms with Crippen LogP contribution in [0.15, 0.2) is 15.9 Å². The fourth-order valence-corrected chi connectivity index (χ4v) is 1.49. The van der Waals surface area contributed by atoms with E-state index in [0.717, 1.165) is 7.05 Å². The van der Waals surface area contributed by atoms with Gasteiger partial charge in [0.05, 0.1) is 16.5 Å². The maximum absolute atomic E-state index is 13.1. The van der Waals surface area contributed by atoms with Crippen molar-refractivity contribution in [3.63, 3.8) is 0 Å². The average Bonchev–Trinajstić information content (AvgIpc) is 3.10. The van der Waals surface area contributed by atoms with E-state index in [-0.39, 0.29) is 4.57 Å². The van der Waals surface area contributed by atoms with E-state index < -0.39 is 72.5 Å². The first-order valence-corrected chi connectivity index (χ1v) is 5.13. The molecule has 0 aromatic carbocycles. The van der Waals surface area contributed by atoms with E-state index in [1.165, 1.54) is 0 Å². The number of rotatable bonds is 5. The summed E-state index contributed by atoms with van der Waals surface area (Å²) in [5.41, 5.74) is -4.83. The highest BCUT2D eigenvalue weighted by Gasteiger charge is 2.14. The largest absolute Gasteiger partial charge is 0.393 e. The van der Waals surface area contributed by atoms with Crippen LogP contribution in [-0.4, -0.2) is 29.9 Å². The predicted molar refractivity (Wildman–Crippen MR) is 75.7 cm³/mol. The van der Waals surface area contributed by atoms with Gasteiger partial charge in [-0.3, -0.25) is 13.9 Å². The van der Waals surface area contributed by atoms with E-state index in [0.29, 0.717) is 10.9 Å². The number of hydrogen-bond donors (Lipinski definition) is 1. The Morgan fingerprint density at radius 1 is 1.55 bits per heavy atom. The molecule has 2 aromatic rings. The van der Waals surface area contributed by atoms with Crippen molar-refractivity contribution < 1.29 is 25.7 Å². The Morgan fingerprint density at radius 2 is 2.35 bits per heavy atom. The van der Waals surface area contributed by atoms with Crippen molar-refractivity contribution >= 4 is 11.2 Å². The molecule has 2 aromatic heterocycles. The zero-order chi connectivity index (χ0) is 28.0. The molecule has 2 rings (SSSR count). The lowest BCUT2D eigenvalue weighted by atomic mass is 10.2. The fraction of sp³-hybridized carbons (Fsp3) is 0.615. The monoisotopic (exact) mass is 295 g/mol. The third-order valence-electron chi connectivity index (χ3n) is 2.36. The van der Waals surface area contributed by atoms with Crippen molar-refractivity contribution in [2.45, 2.75) is 38.5 Å². The number of nitrogens with zero attached hydrogens (tertiary/aromatic N) is 4. The molecule has 0 fully saturated rings. The maximum atomic E-state index is 13.1. The highest BCUT2D eigenvalue weighted by Crippen LogP contribution is 2.04. The number of fused-ring (bicyclic) bond motifs is 1. The number of aromatic nitrogens is 4. The summed E-state index contributed by atoms with van der Waals surface area (Å²) in [4.78, 5) is 29.5. The van der Waals surface area contributed by atoms with Gasteiger partial charge in [0.2, 0.25) is 0 Å². The number of hydrogen-bond acceptors (Lipinski definition) is 4. The summed E-state index contributed by atoms with van der Waals surface area (Å²) >= 11 is 0. The first kappa shape index (κ1) is 4.56. The van der Waals surface area contributed by atoms with E-state index in [1.54, 1.807) is 0 Å². The fourth-order valence-electron chi connectivity index (χ4n) is 1.49. The van der Waals surface area contributed by atoms with Gasteiger partial charge < -0.3 is 9.67 Å².